The van der Waals surface area contributed by atoms with Crippen LogP contribution >= 0.6 is 23.4 Å². The maximum atomic E-state index is 12.7. The van der Waals surface area contributed by atoms with Crippen LogP contribution in [0, 0.1) is 0 Å². The average Bonchev–Trinajstić information content (AvgIpc) is 2.59. The molecule has 1 aliphatic rings. The Morgan fingerprint density at radius 3 is 2.56 bits per heavy atom. The van der Waals surface area contributed by atoms with Gasteiger partial charge in [-0.3, -0.25) is 14.9 Å². The highest BCUT2D eigenvalue weighted by atomic mass is 35.5. The zero-order chi connectivity index (χ0) is 18.0. The second-order valence-electron chi connectivity index (χ2n) is 4.94. The van der Waals surface area contributed by atoms with Crippen molar-refractivity contribution in [2.24, 2.45) is 0 Å². The molecule has 3 rings (SSSR count). The predicted molar refractivity (Wildman–Crippen MR) is 94.3 cm³/mol. The van der Waals surface area contributed by atoms with E-state index in [4.69, 9.17) is 11.6 Å². The minimum Gasteiger partial charge on any atom is -0.273 e. The Hall–Kier alpha value is -2.71. The second-order valence-corrected chi connectivity index (χ2v) is 6.15. The molecule has 1 aromatic heterocycles. The van der Waals surface area contributed by atoms with E-state index in [-0.39, 0.29) is 11.3 Å². The molecule has 2 aromatic rings. The number of imide groups is 2. The maximum Gasteiger partial charge on any atom is 0.335 e. The molecular weight excluding hydrogens is 364 g/mol. The van der Waals surface area contributed by atoms with Gasteiger partial charge in [0.1, 0.15) is 5.57 Å². The lowest BCUT2D eigenvalue weighted by Crippen LogP contribution is -2.54. The summed E-state index contributed by atoms with van der Waals surface area (Å²) in [7, 11) is 0. The Bertz CT molecular complexity index is 899. The summed E-state index contributed by atoms with van der Waals surface area (Å²) in [6, 6.07) is 5.40. The first kappa shape index (κ1) is 17.1. The SMILES string of the molecule is CSc1ncc(/C=C2\C(=O)NC(=O)N(c3cccc(Cl)c3)C2=O)cn1. The summed E-state index contributed by atoms with van der Waals surface area (Å²) >= 11 is 7.28. The normalized spacial score (nSPS) is 16.3. The molecule has 0 radical (unpaired) electrons. The van der Waals surface area contributed by atoms with E-state index in [0.29, 0.717) is 15.7 Å². The first-order chi connectivity index (χ1) is 12.0. The van der Waals surface area contributed by atoms with Crippen molar-refractivity contribution in [1.82, 2.24) is 15.3 Å². The number of amides is 4. The summed E-state index contributed by atoms with van der Waals surface area (Å²) in [6.07, 6.45) is 6.16. The van der Waals surface area contributed by atoms with E-state index >= 15 is 0 Å². The molecule has 25 heavy (non-hydrogen) atoms. The summed E-state index contributed by atoms with van der Waals surface area (Å²) in [5, 5.41) is 3.07. The number of benzene rings is 1. The van der Waals surface area contributed by atoms with Crippen molar-refractivity contribution < 1.29 is 14.4 Å². The lowest BCUT2D eigenvalue weighted by atomic mass is 10.1. The number of thioether (sulfide) groups is 1. The molecule has 0 bridgehead atoms. The molecule has 0 spiro atoms. The summed E-state index contributed by atoms with van der Waals surface area (Å²) in [5.74, 6) is -1.52. The van der Waals surface area contributed by atoms with Crippen LogP contribution in [-0.4, -0.2) is 34.1 Å². The number of anilines is 1. The number of rotatable bonds is 3. The lowest BCUT2D eigenvalue weighted by molar-refractivity contribution is -0.122. The number of carbonyl (C=O) groups is 3. The largest absolute Gasteiger partial charge is 0.335 e. The van der Waals surface area contributed by atoms with Crippen LogP contribution in [-0.2, 0) is 9.59 Å². The second kappa shape index (κ2) is 7.04. The van der Waals surface area contributed by atoms with E-state index in [1.807, 2.05) is 6.26 Å². The number of nitrogens with zero attached hydrogens (tertiary/aromatic N) is 3. The van der Waals surface area contributed by atoms with Crippen LogP contribution in [0.3, 0.4) is 0 Å². The van der Waals surface area contributed by atoms with E-state index in [2.05, 4.69) is 15.3 Å². The molecular formula is C16H11ClN4O3S. The molecule has 9 heteroatoms. The Morgan fingerprint density at radius 1 is 1.20 bits per heavy atom. The van der Waals surface area contributed by atoms with Gasteiger partial charge in [-0.05, 0) is 30.5 Å². The maximum absolute atomic E-state index is 12.7. The van der Waals surface area contributed by atoms with Gasteiger partial charge in [-0.1, -0.05) is 29.4 Å². The summed E-state index contributed by atoms with van der Waals surface area (Å²) in [4.78, 5) is 45.8. The number of nitrogens with one attached hydrogen (secondary N) is 1. The van der Waals surface area contributed by atoms with Crippen molar-refractivity contribution in [2.45, 2.75) is 5.16 Å². The summed E-state index contributed by atoms with van der Waals surface area (Å²) in [6.45, 7) is 0. The van der Waals surface area contributed by atoms with Gasteiger partial charge in [-0.25, -0.2) is 19.7 Å². The molecule has 7 nitrogen and oxygen atoms in total. The Balaban J connectivity index is 1.98. The summed E-state index contributed by atoms with van der Waals surface area (Å²) in [5.41, 5.74) is 0.541. The van der Waals surface area contributed by atoms with E-state index in [1.54, 1.807) is 18.2 Å². The molecule has 0 atom stereocenters. The van der Waals surface area contributed by atoms with Gasteiger partial charge in [0.2, 0.25) is 0 Å². The number of hydrogen-bond acceptors (Lipinski definition) is 6. The van der Waals surface area contributed by atoms with Crippen LogP contribution in [0.15, 0.2) is 47.4 Å². The first-order valence-corrected chi connectivity index (χ1v) is 8.63. The highest BCUT2D eigenvalue weighted by Crippen LogP contribution is 2.24. The Morgan fingerprint density at radius 2 is 1.92 bits per heavy atom. The van der Waals surface area contributed by atoms with Crippen molar-refractivity contribution in [1.29, 1.82) is 0 Å². The molecule has 0 aliphatic carbocycles. The average molecular weight is 375 g/mol. The highest BCUT2D eigenvalue weighted by Gasteiger charge is 2.36. The minimum absolute atomic E-state index is 0.194. The molecule has 1 fully saturated rings. The van der Waals surface area contributed by atoms with Crippen molar-refractivity contribution in [2.75, 3.05) is 11.2 Å². The van der Waals surface area contributed by atoms with Gasteiger partial charge in [-0.2, -0.15) is 0 Å². The smallest absolute Gasteiger partial charge is 0.273 e. The zero-order valence-electron chi connectivity index (χ0n) is 12.9. The van der Waals surface area contributed by atoms with Crippen LogP contribution in [0.25, 0.3) is 6.08 Å². The zero-order valence-corrected chi connectivity index (χ0v) is 14.5. The number of hydrogen-bond donors (Lipinski definition) is 1. The lowest BCUT2D eigenvalue weighted by Gasteiger charge is -2.26. The molecule has 1 N–H and O–H groups in total. The highest BCUT2D eigenvalue weighted by molar-refractivity contribution is 7.98. The molecule has 1 saturated heterocycles. The van der Waals surface area contributed by atoms with Crippen molar-refractivity contribution >= 4 is 53.0 Å². The fourth-order valence-corrected chi connectivity index (χ4v) is 2.68. The number of halogens is 1. The van der Waals surface area contributed by atoms with Crippen LogP contribution in [0.1, 0.15) is 5.56 Å². The van der Waals surface area contributed by atoms with E-state index in [1.165, 1.54) is 36.3 Å². The molecule has 1 aromatic carbocycles. The molecule has 4 amide bonds. The third-order valence-corrected chi connectivity index (χ3v) is 4.12. The quantitative estimate of drug-likeness (QED) is 0.384. The Kier molecular flexibility index (Phi) is 4.82. The third kappa shape index (κ3) is 3.54. The fraction of sp³-hybridized carbons (Fsp3) is 0.0625. The molecule has 1 aliphatic heterocycles. The molecule has 0 saturated carbocycles. The van der Waals surface area contributed by atoms with Crippen LogP contribution < -0.4 is 10.2 Å². The van der Waals surface area contributed by atoms with Gasteiger partial charge in [0.15, 0.2) is 5.16 Å². The van der Waals surface area contributed by atoms with Gasteiger partial charge >= 0.3 is 6.03 Å². The van der Waals surface area contributed by atoms with Crippen molar-refractivity contribution in [3.8, 4) is 0 Å². The van der Waals surface area contributed by atoms with Gasteiger partial charge < -0.3 is 0 Å². The number of carbonyl (C=O) groups excluding carboxylic acids is 3. The van der Waals surface area contributed by atoms with E-state index in [0.717, 1.165) is 4.90 Å². The molecule has 0 unspecified atom stereocenters. The van der Waals surface area contributed by atoms with Gasteiger partial charge in [0.25, 0.3) is 11.8 Å². The van der Waals surface area contributed by atoms with Crippen LogP contribution in [0.5, 0.6) is 0 Å². The number of aromatic nitrogens is 2. The van der Waals surface area contributed by atoms with Gasteiger partial charge in [0, 0.05) is 23.0 Å². The van der Waals surface area contributed by atoms with Gasteiger partial charge in [0.05, 0.1) is 5.69 Å². The van der Waals surface area contributed by atoms with Crippen molar-refractivity contribution in [3.05, 3.63) is 52.8 Å². The first-order valence-electron chi connectivity index (χ1n) is 7.02. The fourth-order valence-electron chi connectivity index (χ4n) is 2.18. The van der Waals surface area contributed by atoms with E-state index in [9.17, 15) is 14.4 Å². The molecule has 126 valence electrons. The van der Waals surface area contributed by atoms with Gasteiger partial charge in [-0.15, -0.1) is 0 Å². The summed E-state index contributed by atoms with van der Waals surface area (Å²) < 4.78 is 0. The van der Waals surface area contributed by atoms with E-state index < -0.39 is 17.8 Å². The predicted octanol–water partition coefficient (Wildman–Crippen LogP) is 2.52. The molecule has 2 heterocycles. The minimum atomic E-state index is -0.830. The van der Waals surface area contributed by atoms with Crippen LogP contribution in [0.2, 0.25) is 5.02 Å². The topological polar surface area (TPSA) is 92.3 Å². The van der Waals surface area contributed by atoms with Crippen LogP contribution in [0.4, 0.5) is 10.5 Å². The third-order valence-electron chi connectivity index (χ3n) is 3.31. The van der Waals surface area contributed by atoms with Crippen molar-refractivity contribution in [3.63, 3.8) is 0 Å². The standard InChI is InChI=1S/C16H11ClN4O3S/c1-25-15-18-7-9(8-19-15)5-12-13(22)20-16(24)21(14(12)23)11-4-2-3-10(17)6-11/h2-8H,1H3,(H,20,22,24)/b12-5+. The number of urea groups is 1. The number of barbiturate groups is 1. The monoisotopic (exact) mass is 374 g/mol. The Labute approximate surface area is 152 Å².